The monoisotopic (exact) mass is 691 g/mol. The van der Waals surface area contributed by atoms with Crippen molar-refractivity contribution in [3.63, 3.8) is 0 Å². The number of carbonyl (C=O) groups excluding carboxylic acids is 1. The van der Waals surface area contributed by atoms with E-state index in [1.807, 2.05) is 0 Å². The first-order chi connectivity index (χ1) is 19.1. The van der Waals surface area contributed by atoms with Crippen molar-refractivity contribution in [1.82, 2.24) is 0 Å². The molecule has 0 atom stereocenters. The topological polar surface area (TPSA) is 26.3 Å². The number of hydrogen-bond acceptors (Lipinski definition) is 2. The van der Waals surface area contributed by atoms with Gasteiger partial charge in [-0.15, -0.1) is 0 Å². The van der Waals surface area contributed by atoms with Crippen LogP contribution in [0.25, 0.3) is 0 Å². The maximum absolute atomic E-state index is 13.2. The average Bonchev–Trinajstić information content (AvgIpc) is 2.93. The molecule has 0 rings (SSSR count). The van der Waals surface area contributed by atoms with E-state index >= 15 is 0 Å². The van der Waals surface area contributed by atoms with Crippen LogP contribution >= 0.6 is 7.49 Å². The van der Waals surface area contributed by atoms with Gasteiger partial charge in [-0.25, -0.2) is 4.79 Å². The van der Waals surface area contributed by atoms with Gasteiger partial charge in [0.15, 0.2) is 7.49 Å². The molecular formula is C36H76O2PSn+. The van der Waals surface area contributed by atoms with Crippen LogP contribution in [0, 0.1) is 0 Å². The quantitative estimate of drug-likeness (QED) is 0.0399. The van der Waals surface area contributed by atoms with Crippen molar-refractivity contribution in [3.05, 3.63) is 0 Å². The van der Waals surface area contributed by atoms with Crippen molar-refractivity contribution in [3.8, 4) is 0 Å². The van der Waals surface area contributed by atoms with Crippen molar-refractivity contribution in [2.45, 2.75) is 207 Å². The fraction of sp³-hybridized carbons (Fsp3) is 0.972. The third kappa shape index (κ3) is 28.8. The van der Waals surface area contributed by atoms with E-state index in [0.717, 1.165) is 6.42 Å². The summed E-state index contributed by atoms with van der Waals surface area (Å²) in [6, 6.07) is 0. The molecule has 0 bridgehead atoms. The van der Waals surface area contributed by atoms with Gasteiger partial charge in [-0.05, 0) is 44.9 Å². The first-order valence-electron chi connectivity index (χ1n) is 18.2. The van der Waals surface area contributed by atoms with E-state index in [1.165, 1.54) is 185 Å². The zero-order chi connectivity index (χ0) is 28.7. The van der Waals surface area contributed by atoms with Crippen molar-refractivity contribution < 1.29 is 9.32 Å². The SMILES string of the molecule is CCCCCCCCCCCC(=O)O[P+](CCCCCCCC)(CCCCCCCC)CCCCCCCC.[SnH2]. The average molecular weight is 691 g/mol. The van der Waals surface area contributed by atoms with E-state index in [9.17, 15) is 4.79 Å². The van der Waals surface area contributed by atoms with Crippen LogP contribution in [0.5, 0.6) is 0 Å². The molecule has 4 heteroatoms. The molecule has 0 spiro atoms. The number of unbranched alkanes of at least 4 members (excludes halogenated alkanes) is 23. The maximum atomic E-state index is 13.2. The van der Waals surface area contributed by atoms with Crippen LogP contribution in [0.4, 0.5) is 0 Å². The summed E-state index contributed by atoms with van der Waals surface area (Å²) in [6.45, 7) is 9.17. The van der Waals surface area contributed by atoms with Gasteiger partial charge >= 0.3 is 29.9 Å². The molecule has 2 radical (unpaired) electrons. The second kappa shape index (κ2) is 34.2. The fourth-order valence-corrected chi connectivity index (χ4v) is 9.72. The number of hydrogen-bond donors (Lipinski definition) is 0. The van der Waals surface area contributed by atoms with Crippen molar-refractivity contribution >= 4 is 37.4 Å². The fourth-order valence-electron chi connectivity index (χ4n) is 5.85. The van der Waals surface area contributed by atoms with E-state index in [1.54, 1.807) is 0 Å². The van der Waals surface area contributed by atoms with Gasteiger partial charge in [0.2, 0.25) is 0 Å². The molecule has 0 aromatic heterocycles. The van der Waals surface area contributed by atoms with Gasteiger partial charge in [0, 0.05) is 0 Å². The van der Waals surface area contributed by atoms with Crippen LogP contribution in [-0.4, -0.2) is 48.4 Å². The second-order valence-corrected chi connectivity index (χ2v) is 16.2. The summed E-state index contributed by atoms with van der Waals surface area (Å²) in [6.07, 6.45) is 39.9. The van der Waals surface area contributed by atoms with Crippen molar-refractivity contribution in [1.29, 1.82) is 0 Å². The Labute approximate surface area is 271 Å². The van der Waals surface area contributed by atoms with Crippen molar-refractivity contribution in [2.75, 3.05) is 18.5 Å². The van der Waals surface area contributed by atoms with E-state index < -0.39 is 7.49 Å². The summed E-state index contributed by atoms with van der Waals surface area (Å²) in [4.78, 5) is 13.2. The summed E-state index contributed by atoms with van der Waals surface area (Å²) in [5, 5.41) is 0. The summed E-state index contributed by atoms with van der Waals surface area (Å²) >= 11 is 0. The molecule has 0 aromatic carbocycles. The second-order valence-electron chi connectivity index (χ2n) is 12.6. The summed E-state index contributed by atoms with van der Waals surface area (Å²) in [5.74, 6) is 0.147. The molecule has 0 unspecified atom stereocenters. The number of carbonyl (C=O) groups is 1. The molecule has 0 saturated carbocycles. The molecule has 0 heterocycles. The summed E-state index contributed by atoms with van der Waals surface area (Å²) in [5.41, 5.74) is 0. The van der Waals surface area contributed by atoms with Gasteiger partial charge in [-0.3, -0.25) is 0 Å². The molecular weight excluding hydrogens is 614 g/mol. The van der Waals surface area contributed by atoms with E-state index in [-0.39, 0.29) is 29.9 Å². The first kappa shape index (κ1) is 42.8. The van der Waals surface area contributed by atoms with Gasteiger partial charge in [0.25, 0.3) is 0 Å². The van der Waals surface area contributed by atoms with Crippen LogP contribution < -0.4 is 0 Å². The van der Waals surface area contributed by atoms with E-state index in [2.05, 4.69) is 27.7 Å². The standard InChI is InChI=1S/C36H74O2P.Sn.2H/c1-5-9-13-17-21-22-23-24-28-32-36(37)38-39(33-29-25-18-14-10-6-2,34-30-26-19-15-11-7-3)35-31-27-20-16-12-8-4;;;/h5-35H2,1-4H3;;;/q+1;;;. The molecule has 0 saturated heterocycles. The van der Waals surface area contributed by atoms with Gasteiger partial charge in [0.1, 0.15) is 0 Å². The molecule has 0 fully saturated rings. The summed E-state index contributed by atoms with van der Waals surface area (Å²) in [7, 11) is -1.65. The van der Waals surface area contributed by atoms with Gasteiger partial charge in [-0.2, -0.15) is 0 Å². The van der Waals surface area contributed by atoms with Crippen molar-refractivity contribution in [2.24, 2.45) is 0 Å². The first-order valence-corrected chi connectivity index (χ1v) is 20.5. The zero-order valence-electron chi connectivity index (χ0n) is 28.4. The van der Waals surface area contributed by atoms with Gasteiger partial charge in [0.05, 0.1) is 24.9 Å². The Morgan fingerprint density at radius 1 is 0.400 bits per heavy atom. The molecule has 0 aliphatic heterocycles. The third-order valence-corrected chi connectivity index (χ3v) is 12.5. The number of rotatable bonds is 32. The molecule has 0 aliphatic carbocycles. The van der Waals surface area contributed by atoms with Crippen LogP contribution in [0.1, 0.15) is 207 Å². The molecule has 240 valence electrons. The molecule has 0 N–H and O–H groups in total. The Kier molecular flexibility index (Phi) is 36.6. The van der Waals surface area contributed by atoms with Crippen LogP contribution in [0.15, 0.2) is 0 Å². The molecule has 2 nitrogen and oxygen atoms in total. The van der Waals surface area contributed by atoms with Gasteiger partial charge < -0.3 is 4.52 Å². The Hall–Kier alpha value is 0.699. The predicted molar refractivity (Wildman–Crippen MR) is 188 cm³/mol. The van der Waals surface area contributed by atoms with E-state index in [0.29, 0.717) is 6.42 Å². The van der Waals surface area contributed by atoms with Crippen LogP contribution in [0.3, 0.4) is 0 Å². The predicted octanol–water partition coefficient (Wildman–Crippen LogP) is 12.5. The molecule has 0 amide bonds. The molecule has 0 aromatic rings. The Morgan fingerprint density at radius 2 is 0.650 bits per heavy atom. The summed E-state index contributed by atoms with van der Waals surface area (Å²) < 4.78 is 6.67. The normalized spacial score (nSPS) is 11.5. The zero-order valence-corrected chi connectivity index (χ0v) is 33.3. The Morgan fingerprint density at radius 3 is 0.950 bits per heavy atom. The van der Waals surface area contributed by atoms with E-state index in [4.69, 9.17) is 4.52 Å². The third-order valence-electron chi connectivity index (χ3n) is 8.54. The minimum atomic E-state index is -1.65. The minimum absolute atomic E-state index is 0. The molecule has 40 heavy (non-hydrogen) atoms. The van der Waals surface area contributed by atoms with Crippen LogP contribution in [0.2, 0.25) is 0 Å². The Balaban J connectivity index is 0. The Bertz CT molecular complexity index is 458. The molecule has 0 aliphatic rings. The van der Waals surface area contributed by atoms with Crippen LogP contribution in [-0.2, 0) is 9.32 Å². The van der Waals surface area contributed by atoms with Gasteiger partial charge in [-0.1, -0.05) is 156 Å².